The highest BCUT2D eigenvalue weighted by molar-refractivity contribution is 5.45. The van der Waals surface area contributed by atoms with Gasteiger partial charge in [0.05, 0.1) is 6.61 Å². The lowest BCUT2D eigenvalue weighted by Crippen LogP contribution is -2.39. The topological polar surface area (TPSA) is 32.3 Å². The molecule has 0 aromatic heterocycles. The number of aliphatic hydroxyl groups is 1. The van der Waals surface area contributed by atoms with Gasteiger partial charge >= 0.3 is 0 Å². The zero-order chi connectivity index (χ0) is 13.0. The van der Waals surface area contributed by atoms with Crippen LogP contribution in [0.5, 0.6) is 0 Å². The van der Waals surface area contributed by atoms with E-state index in [2.05, 4.69) is 43.4 Å². The maximum atomic E-state index is 9.42. The van der Waals surface area contributed by atoms with Crippen molar-refractivity contribution in [1.29, 1.82) is 0 Å². The van der Waals surface area contributed by atoms with Gasteiger partial charge in [0, 0.05) is 17.6 Å². The molecule has 0 aliphatic heterocycles. The Balaban J connectivity index is 1.86. The Hall–Kier alpha value is -1.02. The second-order valence-electron chi connectivity index (χ2n) is 6.16. The molecule has 0 amide bonds. The number of aliphatic hydroxyl groups excluding tert-OH is 1. The van der Waals surface area contributed by atoms with Gasteiger partial charge < -0.3 is 10.4 Å². The van der Waals surface area contributed by atoms with Crippen LogP contribution < -0.4 is 5.32 Å². The van der Waals surface area contributed by atoms with E-state index < -0.39 is 0 Å². The molecule has 0 heterocycles. The summed E-state index contributed by atoms with van der Waals surface area (Å²) >= 11 is 0. The highest BCUT2D eigenvalue weighted by atomic mass is 16.3. The molecule has 2 rings (SSSR count). The van der Waals surface area contributed by atoms with Crippen LogP contribution in [0, 0.1) is 11.3 Å². The normalized spacial score (nSPS) is 17.6. The molecule has 2 N–H and O–H groups in total. The number of nitrogens with one attached hydrogen (secondary N) is 1. The van der Waals surface area contributed by atoms with Crippen molar-refractivity contribution in [1.82, 2.24) is 0 Å². The maximum Gasteiger partial charge on any atom is 0.0504 e. The fourth-order valence-electron chi connectivity index (χ4n) is 2.59. The highest BCUT2D eigenvalue weighted by Gasteiger charge is 2.35. The molecule has 2 heteroatoms. The molecular weight excluding hydrogens is 222 g/mol. The quantitative estimate of drug-likeness (QED) is 0.807. The third-order valence-corrected chi connectivity index (χ3v) is 4.02. The van der Waals surface area contributed by atoms with E-state index >= 15 is 0 Å². The van der Waals surface area contributed by atoms with Crippen molar-refractivity contribution in [2.24, 2.45) is 11.3 Å². The molecule has 0 unspecified atom stereocenters. The van der Waals surface area contributed by atoms with Gasteiger partial charge in [-0.25, -0.2) is 0 Å². The first-order valence-corrected chi connectivity index (χ1v) is 7.07. The van der Waals surface area contributed by atoms with Crippen molar-refractivity contribution in [2.75, 3.05) is 18.5 Å². The van der Waals surface area contributed by atoms with Crippen molar-refractivity contribution in [3.8, 4) is 0 Å². The average molecular weight is 247 g/mol. The summed E-state index contributed by atoms with van der Waals surface area (Å²) in [6.07, 6.45) is 4.71. The third-order valence-electron chi connectivity index (χ3n) is 4.02. The van der Waals surface area contributed by atoms with E-state index in [1.54, 1.807) is 0 Å². The molecule has 0 atom stereocenters. The fourth-order valence-corrected chi connectivity index (χ4v) is 2.59. The first-order valence-electron chi connectivity index (χ1n) is 7.07. The van der Waals surface area contributed by atoms with E-state index in [1.165, 1.54) is 17.7 Å². The van der Waals surface area contributed by atoms with E-state index in [0.717, 1.165) is 25.8 Å². The van der Waals surface area contributed by atoms with Crippen LogP contribution in [0.4, 0.5) is 5.69 Å². The van der Waals surface area contributed by atoms with Crippen LogP contribution in [0.25, 0.3) is 0 Å². The molecule has 1 aliphatic carbocycles. The van der Waals surface area contributed by atoms with E-state index in [9.17, 15) is 5.11 Å². The van der Waals surface area contributed by atoms with Gasteiger partial charge in [0.25, 0.3) is 0 Å². The summed E-state index contributed by atoms with van der Waals surface area (Å²) in [5.41, 5.74) is 2.72. The molecule has 0 bridgehead atoms. The van der Waals surface area contributed by atoms with Crippen LogP contribution in [0.15, 0.2) is 24.3 Å². The molecule has 0 spiro atoms. The van der Waals surface area contributed by atoms with E-state index in [0.29, 0.717) is 12.5 Å². The van der Waals surface area contributed by atoms with Crippen LogP contribution in [-0.4, -0.2) is 18.3 Å². The van der Waals surface area contributed by atoms with Gasteiger partial charge in [-0.3, -0.25) is 0 Å². The van der Waals surface area contributed by atoms with Crippen LogP contribution in [0.2, 0.25) is 0 Å². The van der Waals surface area contributed by atoms with Gasteiger partial charge in [0.2, 0.25) is 0 Å². The Kier molecular flexibility index (Phi) is 4.28. The van der Waals surface area contributed by atoms with Crippen LogP contribution >= 0.6 is 0 Å². The predicted octanol–water partition coefficient (Wildman–Crippen LogP) is 3.46. The Morgan fingerprint density at radius 1 is 1.22 bits per heavy atom. The SMILES string of the molecule is CC(C)Cc1ccc(NCC2(CO)CCC2)cc1. The summed E-state index contributed by atoms with van der Waals surface area (Å²) in [5.74, 6) is 0.705. The van der Waals surface area contributed by atoms with Crippen molar-refractivity contribution in [3.05, 3.63) is 29.8 Å². The molecule has 2 nitrogen and oxygen atoms in total. The van der Waals surface area contributed by atoms with Crippen molar-refractivity contribution in [2.45, 2.75) is 39.5 Å². The summed E-state index contributed by atoms with van der Waals surface area (Å²) in [6, 6.07) is 8.71. The number of hydrogen-bond acceptors (Lipinski definition) is 2. The largest absolute Gasteiger partial charge is 0.396 e. The lowest BCUT2D eigenvalue weighted by Gasteiger charge is -2.40. The lowest BCUT2D eigenvalue weighted by atomic mass is 9.69. The van der Waals surface area contributed by atoms with Gasteiger partial charge in [0.1, 0.15) is 0 Å². The van der Waals surface area contributed by atoms with Crippen LogP contribution in [-0.2, 0) is 6.42 Å². The third kappa shape index (κ3) is 3.26. The summed E-state index contributed by atoms with van der Waals surface area (Å²) in [5, 5.41) is 12.9. The van der Waals surface area contributed by atoms with Crippen molar-refractivity contribution in [3.63, 3.8) is 0 Å². The monoisotopic (exact) mass is 247 g/mol. The minimum atomic E-state index is 0.149. The van der Waals surface area contributed by atoms with Gasteiger partial charge in [0.15, 0.2) is 0 Å². The van der Waals surface area contributed by atoms with E-state index in [1.807, 2.05) is 0 Å². The number of hydrogen-bond donors (Lipinski definition) is 2. The highest BCUT2D eigenvalue weighted by Crippen LogP contribution is 2.40. The molecule has 1 saturated carbocycles. The first-order chi connectivity index (χ1) is 8.63. The number of rotatable bonds is 6. The molecule has 18 heavy (non-hydrogen) atoms. The second kappa shape index (κ2) is 5.75. The van der Waals surface area contributed by atoms with Gasteiger partial charge in [-0.15, -0.1) is 0 Å². The summed E-state index contributed by atoms with van der Waals surface area (Å²) in [6.45, 7) is 5.69. The van der Waals surface area contributed by atoms with Gasteiger partial charge in [-0.2, -0.15) is 0 Å². The molecule has 100 valence electrons. The predicted molar refractivity (Wildman–Crippen MR) is 76.8 cm³/mol. The summed E-state index contributed by atoms with van der Waals surface area (Å²) in [4.78, 5) is 0. The molecule has 0 saturated heterocycles. The Labute approximate surface area is 110 Å². The summed E-state index contributed by atoms with van der Waals surface area (Å²) < 4.78 is 0. The first kappa shape index (κ1) is 13.4. The zero-order valence-corrected chi connectivity index (χ0v) is 11.6. The van der Waals surface area contributed by atoms with E-state index in [4.69, 9.17) is 0 Å². The minimum Gasteiger partial charge on any atom is -0.396 e. The maximum absolute atomic E-state index is 9.42. The van der Waals surface area contributed by atoms with Crippen LogP contribution in [0.1, 0.15) is 38.7 Å². The second-order valence-corrected chi connectivity index (χ2v) is 6.16. The van der Waals surface area contributed by atoms with Crippen molar-refractivity contribution < 1.29 is 5.11 Å². The number of benzene rings is 1. The lowest BCUT2D eigenvalue weighted by molar-refractivity contribution is 0.0576. The molecule has 0 radical (unpaired) electrons. The summed E-state index contributed by atoms with van der Waals surface area (Å²) in [7, 11) is 0. The van der Waals surface area contributed by atoms with E-state index in [-0.39, 0.29) is 5.41 Å². The Bertz CT molecular complexity index is 360. The minimum absolute atomic E-state index is 0.149. The molecular formula is C16H25NO. The van der Waals surface area contributed by atoms with Crippen LogP contribution in [0.3, 0.4) is 0 Å². The van der Waals surface area contributed by atoms with Gasteiger partial charge in [-0.05, 0) is 42.9 Å². The smallest absolute Gasteiger partial charge is 0.0504 e. The molecule has 1 aromatic rings. The average Bonchev–Trinajstić information content (AvgIpc) is 2.30. The zero-order valence-electron chi connectivity index (χ0n) is 11.6. The Morgan fingerprint density at radius 2 is 1.89 bits per heavy atom. The fraction of sp³-hybridized carbons (Fsp3) is 0.625. The van der Waals surface area contributed by atoms with Gasteiger partial charge in [-0.1, -0.05) is 32.4 Å². The molecule has 1 aliphatic rings. The Morgan fingerprint density at radius 3 is 2.33 bits per heavy atom. The standard InChI is InChI=1S/C16H25NO/c1-13(2)10-14-4-6-15(7-5-14)17-11-16(12-18)8-3-9-16/h4-7,13,17-18H,3,8-12H2,1-2H3. The number of anilines is 1. The molecule has 1 fully saturated rings. The van der Waals surface area contributed by atoms with Crippen molar-refractivity contribution >= 4 is 5.69 Å². The molecule has 1 aromatic carbocycles.